The molecule has 0 saturated heterocycles. The number of H-pyrrole nitrogens is 1. The number of aromatic amines is 1. The van der Waals surface area contributed by atoms with Gasteiger partial charge in [0.15, 0.2) is 0 Å². The number of carbonyl (C=O) groups is 1. The van der Waals surface area contributed by atoms with Crippen LogP contribution in [0.25, 0.3) is 11.4 Å². The van der Waals surface area contributed by atoms with E-state index in [0.717, 1.165) is 16.6 Å². The molecule has 0 spiro atoms. The van der Waals surface area contributed by atoms with Crippen LogP contribution in [0.5, 0.6) is 0 Å². The molecule has 1 heterocycles. The number of amides is 2. The summed E-state index contributed by atoms with van der Waals surface area (Å²) in [5.74, 6) is 0.251. The van der Waals surface area contributed by atoms with Crippen LogP contribution in [-0.2, 0) is 6.18 Å². The number of hydrogen-bond acceptors (Lipinski definition) is 4. The number of hydrogen-bond donors (Lipinski definition) is 3. The molecule has 0 aliphatic heterocycles. The number of aryl methyl sites for hydroxylation is 1. The van der Waals surface area contributed by atoms with Crippen molar-refractivity contribution in [3.63, 3.8) is 0 Å². The lowest BCUT2D eigenvalue weighted by atomic mass is 10.1. The first-order valence-electron chi connectivity index (χ1n) is 7.52. The first kappa shape index (κ1) is 18.8. The summed E-state index contributed by atoms with van der Waals surface area (Å²) in [4.78, 5) is 12.3. The molecule has 27 heavy (non-hydrogen) atoms. The van der Waals surface area contributed by atoms with E-state index in [1.807, 2.05) is 0 Å². The number of nitrogens with one attached hydrogen (secondary N) is 3. The summed E-state index contributed by atoms with van der Waals surface area (Å²) >= 11 is 3.32. The van der Waals surface area contributed by atoms with Crippen LogP contribution in [0.1, 0.15) is 11.1 Å². The van der Waals surface area contributed by atoms with Gasteiger partial charge in [0.05, 0.1) is 11.3 Å². The monoisotopic (exact) mass is 440 g/mol. The standard InChI is InChI=1S/C16H12BrF3N6O/c1-8-4-9(16(18,19)20)6-11(5-8)21-15(27)22-13-3-2-10(17)7-12(13)14-23-25-26-24-14/h2-7H,1H3,(H2,21,22,27)(H,23,24,25,26). The van der Waals surface area contributed by atoms with Gasteiger partial charge < -0.3 is 10.6 Å². The number of alkyl halides is 3. The Bertz CT molecular complexity index is 975. The number of anilines is 2. The third-order valence-electron chi connectivity index (χ3n) is 3.48. The van der Waals surface area contributed by atoms with Crippen molar-refractivity contribution < 1.29 is 18.0 Å². The van der Waals surface area contributed by atoms with Crippen LogP contribution in [-0.4, -0.2) is 26.7 Å². The number of benzene rings is 2. The minimum Gasteiger partial charge on any atom is -0.308 e. The van der Waals surface area contributed by atoms with Crippen LogP contribution in [0.3, 0.4) is 0 Å². The van der Waals surface area contributed by atoms with E-state index in [-0.39, 0.29) is 11.5 Å². The molecule has 11 heteroatoms. The molecule has 0 bridgehead atoms. The zero-order valence-electron chi connectivity index (χ0n) is 13.7. The second-order valence-electron chi connectivity index (χ2n) is 5.59. The molecular formula is C16H12BrF3N6O. The molecule has 0 radical (unpaired) electrons. The zero-order chi connectivity index (χ0) is 19.6. The zero-order valence-corrected chi connectivity index (χ0v) is 15.3. The Kier molecular flexibility index (Phi) is 5.13. The van der Waals surface area contributed by atoms with Gasteiger partial charge in [-0.25, -0.2) is 4.79 Å². The molecule has 0 atom stereocenters. The summed E-state index contributed by atoms with van der Waals surface area (Å²) in [7, 11) is 0. The Balaban J connectivity index is 1.83. The molecule has 7 nitrogen and oxygen atoms in total. The van der Waals surface area contributed by atoms with Crippen molar-refractivity contribution in [1.82, 2.24) is 20.6 Å². The van der Waals surface area contributed by atoms with E-state index in [0.29, 0.717) is 16.8 Å². The minimum atomic E-state index is -4.50. The van der Waals surface area contributed by atoms with Gasteiger partial charge in [0.25, 0.3) is 0 Å². The maximum Gasteiger partial charge on any atom is 0.416 e. The van der Waals surface area contributed by atoms with Crippen molar-refractivity contribution in [2.24, 2.45) is 0 Å². The Morgan fingerprint density at radius 2 is 1.93 bits per heavy atom. The number of halogens is 4. The van der Waals surface area contributed by atoms with E-state index in [1.54, 1.807) is 18.2 Å². The largest absolute Gasteiger partial charge is 0.416 e. The number of aromatic nitrogens is 4. The molecular weight excluding hydrogens is 429 g/mol. The van der Waals surface area contributed by atoms with Crippen molar-refractivity contribution in [2.45, 2.75) is 13.1 Å². The second kappa shape index (κ2) is 7.35. The van der Waals surface area contributed by atoms with Crippen LogP contribution in [0.4, 0.5) is 29.3 Å². The summed E-state index contributed by atoms with van der Waals surface area (Å²) in [6.45, 7) is 1.52. The van der Waals surface area contributed by atoms with Gasteiger partial charge in [0, 0.05) is 15.7 Å². The highest BCUT2D eigenvalue weighted by Gasteiger charge is 2.31. The van der Waals surface area contributed by atoms with Gasteiger partial charge in [-0.05, 0) is 54.1 Å². The lowest BCUT2D eigenvalue weighted by Gasteiger charge is -2.13. The molecule has 0 saturated carbocycles. The third-order valence-corrected chi connectivity index (χ3v) is 3.97. The molecule has 0 fully saturated rings. The summed E-state index contributed by atoms with van der Waals surface area (Å²) in [6.07, 6.45) is -4.50. The smallest absolute Gasteiger partial charge is 0.308 e. The van der Waals surface area contributed by atoms with Gasteiger partial charge in [-0.1, -0.05) is 15.9 Å². The quantitative estimate of drug-likeness (QED) is 0.554. The van der Waals surface area contributed by atoms with Crippen molar-refractivity contribution in [2.75, 3.05) is 10.6 Å². The summed E-state index contributed by atoms with van der Waals surface area (Å²) in [5, 5.41) is 18.5. The van der Waals surface area contributed by atoms with Crippen molar-refractivity contribution in [3.8, 4) is 11.4 Å². The number of tetrazole rings is 1. The minimum absolute atomic E-state index is 0.0260. The van der Waals surface area contributed by atoms with Crippen LogP contribution in [0.15, 0.2) is 40.9 Å². The maximum atomic E-state index is 12.9. The fourth-order valence-electron chi connectivity index (χ4n) is 2.39. The number of carbonyl (C=O) groups excluding carboxylic acids is 1. The average molecular weight is 441 g/mol. The fraction of sp³-hybridized carbons (Fsp3) is 0.125. The van der Waals surface area contributed by atoms with Crippen LogP contribution < -0.4 is 10.6 Å². The van der Waals surface area contributed by atoms with Crippen LogP contribution in [0, 0.1) is 6.92 Å². The van der Waals surface area contributed by atoms with E-state index in [4.69, 9.17) is 0 Å². The first-order chi connectivity index (χ1) is 12.7. The van der Waals surface area contributed by atoms with Gasteiger partial charge in [0.1, 0.15) is 0 Å². The van der Waals surface area contributed by atoms with Crippen molar-refractivity contribution in [3.05, 3.63) is 52.0 Å². The number of urea groups is 1. The normalized spacial score (nSPS) is 11.3. The maximum absolute atomic E-state index is 12.9. The molecule has 2 amide bonds. The van der Waals surface area contributed by atoms with E-state index < -0.39 is 17.8 Å². The highest BCUT2D eigenvalue weighted by Crippen LogP contribution is 2.32. The topological polar surface area (TPSA) is 95.6 Å². The van der Waals surface area contributed by atoms with E-state index >= 15 is 0 Å². The van der Waals surface area contributed by atoms with Gasteiger partial charge in [-0.2, -0.15) is 18.4 Å². The lowest BCUT2D eigenvalue weighted by Crippen LogP contribution is -2.20. The number of rotatable bonds is 3. The highest BCUT2D eigenvalue weighted by atomic mass is 79.9. The van der Waals surface area contributed by atoms with Crippen LogP contribution >= 0.6 is 15.9 Å². The van der Waals surface area contributed by atoms with Gasteiger partial charge >= 0.3 is 12.2 Å². The molecule has 0 aliphatic rings. The second-order valence-corrected chi connectivity index (χ2v) is 6.51. The SMILES string of the molecule is Cc1cc(NC(=O)Nc2ccc(Br)cc2-c2nn[nH]n2)cc(C(F)(F)F)c1. The third kappa shape index (κ3) is 4.61. The molecule has 0 aliphatic carbocycles. The van der Waals surface area contributed by atoms with E-state index in [2.05, 4.69) is 47.2 Å². The van der Waals surface area contributed by atoms with Gasteiger partial charge in [0.2, 0.25) is 5.82 Å². The predicted octanol–water partition coefficient (Wildman–Crippen LogP) is 4.60. The Labute approximate surface area is 159 Å². The van der Waals surface area contributed by atoms with E-state index in [1.165, 1.54) is 13.0 Å². The van der Waals surface area contributed by atoms with Crippen molar-refractivity contribution in [1.29, 1.82) is 0 Å². The van der Waals surface area contributed by atoms with Gasteiger partial charge in [-0.3, -0.25) is 0 Å². The molecule has 3 rings (SSSR count). The molecule has 0 unspecified atom stereocenters. The first-order valence-corrected chi connectivity index (χ1v) is 8.32. The highest BCUT2D eigenvalue weighted by molar-refractivity contribution is 9.10. The summed E-state index contributed by atoms with van der Waals surface area (Å²) in [6, 6.07) is 7.58. The predicted molar refractivity (Wildman–Crippen MR) is 96.1 cm³/mol. The Morgan fingerprint density at radius 1 is 1.15 bits per heavy atom. The average Bonchev–Trinajstić information content (AvgIpc) is 3.09. The van der Waals surface area contributed by atoms with Gasteiger partial charge in [-0.15, -0.1) is 10.2 Å². The Hall–Kier alpha value is -2.95. The molecule has 3 N–H and O–H groups in total. The Morgan fingerprint density at radius 3 is 2.59 bits per heavy atom. The molecule has 140 valence electrons. The van der Waals surface area contributed by atoms with Crippen molar-refractivity contribution >= 4 is 33.3 Å². The molecule has 2 aromatic carbocycles. The number of nitrogens with zero attached hydrogens (tertiary/aromatic N) is 3. The molecule has 3 aromatic rings. The van der Waals surface area contributed by atoms with E-state index in [9.17, 15) is 18.0 Å². The molecule has 1 aromatic heterocycles. The lowest BCUT2D eigenvalue weighted by molar-refractivity contribution is -0.137. The summed E-state index contributed by atoms with van der Waals surface area (Å²) in [5.41, 5.74) is 0.400. The fourth-order valence-corrected chi connectivity index (χ4v) is 2.75. The summed E-state index contributed by atoms with van der Waals surface area (Å²) < 4.78 is 39.5. The van der Waals surface area contributed by atoms with Crippen LogP contribution in [0.2, 0.25) is 0 Å².